The molecular weight excluding hydrogens is 302 g/mol. The third-order valence-corrected chi connectivity index (χ3v) is 4.42. The Morgan fingerprint density at radius 2 is 1.92 bits per heavy atom. The first kappa shape index (κ1) is 20.4. The van der Waals surface area contributed by atoms with E-state index in [-0.39, 0.29) is 0 Å². The molecule has 24 heavy (non-hydrogen) atoms. The van der Waals surface area contributed by atoms with Crippen LogP contribution in [0, 0.1) is 5.92 Å². The van der Waals surface area contributed by atoms with E-state index < -0.39 is 0 Å². The van der Waals surface area contributed by atoms with Crippen molar-refractivity contribution in [1.82, 2.24) is 9.97 Å². The van der Waals surface area contributed by atoms with E-state index in [1.165, 1.54) is 38.4 Å². The fourth-order valence-electron chi connectivity index (χ4n) is 2.93. The molecule has 0 aromatic carbocycles. The first-order valence-electron chi connectivity index (χ1n) is 8.97. The van der Waals surface area contributed by atoms with Crippen LogP contribution in [-0.4, -0.2) is 36.5 Å². The predicted molar refractivity (Wildman–Crippen MR) is 99.4 cm³/mol. The lowest BCUT2D eigenvalue weighted by atomic mass is 9.91. The Kier molecular flexibility index (Phi) is 10.8. The van der Waals surface area contributed by atoms with Crippen LogP contribution in [0.3, 0.4) is 0 Å². The van der Waals surface area contributed by atoms with Crippen LogP contribution in [0.5, 0.6) is 6.01 Å². The van der Waals surface area contributed by atoms with E-state index in [0.29, 0.717) is 25.0 Å². The molecule has 1 unspecified atom stereocenters. The minimum atomic E-state index is 0.314. The number of hydrogen-bond donors (Lipinski definition) is 2. The lowest BCUT2D eigenvalue weighted by Crippen LogP contribution is -2.10. The van der Waals surface area contributed by atoms with E-state index in [2.05, 4.69) is 21.9 Å². The Bertz CT molecular complexity index is 443. The second-order valence-corrected chi connectivity index (χ2v) is 6.36. The van der Waals surface area contributed by atoms with Crippen molar-refractivity contribution in [2.24, 2.45) is 22.4 Å². The number of methoxy groups -OCH3 is 1. The van der Waals surface area contributed by atoms with Crippen molar-refractivity contribution in [3.05, 3.63) is 18.0 Å². The molecule has 0 radical (unpaired) electrons. The number of rotatable bonds is 7. The van der Waals surface area contributed by atoms with Gasteiger partial charge in [0.2, 0.25) is 0 Å². The Morgan fingerprint density at radius 3 is 2.38 bits per heavy atom. The summed E-state index contributed by atoms with van der Waals surface area (Å²) in [5, 5.41) is 0. The molecule has 1 aromatic heterocycles. The number of hydrogen-bond acceptors (Lipinski definition) is 5. The van der Waals surface area contributed by atoms with Crippen LogP contribution in [-0.2, 0) is 0 Å². The van der Waals surface area contributed by atoms with Crippen LogP contribution in [0.2, 0.25) is 0 Å². The van der Waals surface area contributed by atoms with E-state index in [1.807, 2.05) is 0 Å². The normalized spacial score (nSPS) is 16.5. The fraction of sp³-hybridized carbons (Fsp3) is 0.722. The van der Waals surface area contributed by atoms with Crippen LogP contribution in [0.4, 0.5) is 0 Å². The number of nitrogens with zero attached hydrogens (tertiary/aromatic N) is 3. The highest BCUT2D eigenvalue weighted by molar-refractivity contribution is 5.51. The maximum absolute atomic E-state index is 5.60. The molecule has 136 valence electrons. The van der Waals surface area contributed by atoms with Gasteiger partial charge < -0.3 is 16.2 Å². The van der Waals surface area contributed by atoms with Crippen molar-refractivity contribution in [2.75, 3.05) is 20.2 Å². The fourth-order valence-corrected chi connectivity index (χ4v) is 2.93. The maximum atomic E-state index is 5.60. The van der Waals surface area contributed by atoms with Gasteiger partial charge in [0.05, 0.1) is 13.4 Å². The maximum Gasteiger partial charge on any atom is 0.316 e. The van der Waals surface area contributed by atoms with Gasteiger partial charge in [0.15, 0.2) is 0 Å². The molecule has 1 aliphatic carbocycles. The van der Waals surface area contributed by atoms with Gasteiger partial charge in [0.1, 0.15) is 0 Å². The molecule has 0 bridgehead atoms. The van der Waals surface area contributed by atoms with Gasteiger partial charge in [-0.05, 0) is 36.8 Å². The van der Waals surface area contributed by atoms with E-state index in [9.17, 15) is 0 Å². The van der Waals surface area contributed by atoms with Crippen LogP contribution in [0.25, 0.3) is 0 Å². The number of nitrogens with two attached hydrogens (primary N) is 2. The van der Waals surface area contributed by atoms with E-state index in [0.717, 1.165) is 24.3 Å². The highest BCUT2D eigenvalue weighted by atomic mass is 16.5. The Balaban J connectivity index is 0.000000341. The first-order valence-corrected chi connectivity index (χ1v) is 8.97. The summed E-state index contributed by atoms with van der Waals surface area (Å²) in [6.45, 7) is 3.68. The molecular formula is C18H33N5O. The summed E-state index contributed by atoms with van der Waals surface area (Å²) in [7, 11) is 1.54. The number of aromatic nitrogens is 2. The predicted octanol–water partition coefficient (Wildman–Crippen LogP) is 2.88. The molecule has 0 amide bonds. The first-order chi connectivity index (χ1) is 11.7. The van der Waals surface area contributed by atoms with Gasteiger partial charge in [-0.2, -0.15) is 0 Å². The molecule has 1 aromatic rings. The quantitative estimate of drug-likeness (QED) is 0.589. The Labute approximate surface area is 146 Å². The van der Waals surface area contributed by atoms with E-state index >= 15 is 0 Å². The molecule has 1 heterocycles. The third-order valence-electron chi connectivity index (χ3n) is 4.42. The van der Waals surface area contributed by atoms with Crippen molar-refractivity contribution in [3.8, 4) is 6.01 Å². The molecule has 1 fully saturated rings. The summed E-state index contributed by atoms with van der Waals surface area (Å²) < 4.78 is 4.92. The summed E-state index contributed by atoms with van der Waals surface area (Å²) >= 11 is 0. The molecule has 0 saturated heterocycles. The van der Waals surface area contributed by atoms with Gasteiger partial charge in [-0.1, -0.05) is 39.0 Å². The van der Waals surface area contributed by atoms with Crippen LogP contribution in [0.15, 0.2) is 17.4 Å². The summed E-state index contributed by atoms with van der Waals surface area (Å²) in [6, 6.07) is 0.375. The molecule has 0 spiro atoms. The average Bonchev–Trinajstić information content (AvgIpc) is 2.62. The molecule has 4 N–H and O–H groups in total. The molecule has 6 nitrogen and oxygen atoms in total. The largest absolute Gasteiger partial charge is 0.467 e. The van der Waals surface area contributed by atoms with Gasteiger partial charge in [-0.3, -0.25) is 4.99 Å². The summed E-state index contributed by atoms with van der Waals surface area (Å²) in [4.78, 5) is 12.2. The van der Waals surface area contributed by atoms with Crippen molar-refractivity contribution in [1.29, 1.82) is 0 Å². The van der Waals surface area contributed by atoms with Crippen molar-refractivity contribution in [2.45, 2.75) is 57.8 Å². The highest BCUT2D eigenvalue weighted by Gasteiger charge is 2.11. The summed E-state index contributed by atoms with van der Waals surface area (Å²) in [5.41, 5.74) is 11.9. The Morgan fingerprint density at radius 1 is 1.25 bits per heavy atom. The SMILES string of the molecule is CC1CCCCC1.COc1ncc(C(CCN)CCN=CN)cn1. The summed E-state index contributed by atoms with van der Waals surface area (Å²) in [5.74, 6) is 1.35. The number of ether oxygens (including phenoxy) is 1. The second kappa shape index (κ2) is 12.7. The van der Waals surface area contributed by atoms with Crippen molar-refractivity contribution < 1.29 is 4.74 Å². The van der Waals surface area contributed by atoms with Gasteiger partial charge in [-0.15, -0.1) is 0 Å². The van der Waals surface area contributed by atoms with E-state index in [4.69, 9.17) is 16.2 Å². The minimum absolute atomic E-state index is 0.314. The molecule has 0 aliphatic heterocycles. The second-order valence-electron chi connectivity index (χ2n) is 6.36. The molecule has 2 rings (SSSR count). The smallest absolute Gasteiger partial charge is 0.316 e. The van der Waals surface area contributed by atoms with Gasteiger partial charge >= 0.3 is 6.01 Å². The highest BCUT2D eigenvalue weighted by Crippen LogP contribution is 2.23. The zero-order chi connectivity index (χ0) is 17.6. The van der Waals surface area contributed by atoms with Crippen molar-refractivity contribution in [3.63, 3.8) is 0 Å². The molecule has 1 aliphatic rings. The van der Waals surface area contributed by atoms with Crippen molar-refractivity contribution >= 4 is 6.34 Å². The minimum Gasteiger partial charge on any atom is -0.467 e. The van der Waals surface area contributed by atoms with Crippen LogP contribution in [0.1, 0.15) is 63.4 Å². The van der Waals surface area contributed by atoms with Gasteiger partial charge in [0, 0.05) is 18.9 Å². The standard InChI is InChI=1S/C11H19N5O.C7H14/c1-17-11-15-6-10(7-16-11)9(2-4-12)3-5-14-8-13;1-7-5-3-2-4-6-7/h6-9H,2-5,12H2,1H3,(H2,13,14);7H,2-6H2,1H3. The summed E-state index contributed by atoms with van der Waals surface area (Å²) in [6.07, 6.45) is 14.1. The number of aliphatic imine (C=N–C) groups is 1. The lowest BCUT2D eigenvalue weighted by molar-refractivity contribution is 0.378. The van der Waals surface area contributed by atoms with Gasteiger partial charge in [0.25, 0.3) is 0 Å². The van der Waals surface area contributed by atoms with Crippen LogP contribution >= 0.6 is 0 Å². The Hall–Kier alpha value is -1.69. The molecule has 1 saturated carbocycles. The lowest BCUT2D eigenvalue weighted by Gasteiger charge is -2.15. The zero-order valence-corrected chi connectivity index (χ0v) is 15.2. The average molecular weight is 335 g/mol. The van der Waals surface area contributed by atoms with Gasteiger partial charge in [-0.25, -0.2) is 9.97 Å². The van der Waals surface area contributed by atoms with Crippen LogP contribution < -0.4 is 16.2 Å². The molecule has 1 atom stereocenters. The topological polar surface area (TPSA) is 99.4 Å². The third kappa shape index (κ3) is 8.24. The monoisotopic (exact) mass is 335 g/mol. The molecule has 6 heteroatoms. The van der Waals surface area contributed by atoms with E-state index in [1.54, 1.807) is 19.5 Å². The zero-order valence-electron chi connectivity index (χ0n) is 15.2.